The highest BCUT2D eigenvalue weighted by atomic mass is 32.2. The molecule has 0 spiro atoms. The Morgan fingerprint density at radius 2 is 1.78 bits per heavy atom. The summed E-state index contributed by atoms with van der Waals surface area (Å²) >= 11 is 1.37. The second-order valence-electron chi connectivity index (χ2n) is 7.20. The van der Waals surface area contributed by atoms with Crippen molar-refractivity contribution in [2.45, 2.75) is 0 Å². The van der Waals surface area contributed by atoms with Gasteiger partial charge in [-0.15, -0.1) is 0 Å². The van der Waals surface area contributed by atoms with Crippen LogP contribution in [-0.2, 0) is 4.79 Å². The first kappa shape index (κ1) is 21.6. The Morgan fingerprint density at radius 1 is 1.09 bits per heavy atom. The molecule has 2 aliphatic heterocycles. The lowest BCUT2D eigenvalue weighted by atomic mass is 10.2. The van der Waals surface area contributed by atoms with Gasteiger partial charge < -0.3 is 14.5 Å². The largest absolute Gasteiger partial charge is 0.489 e. The second kappa shape index (κ2) is 9.69. The van der Waals surface area contributed by atoms with E-state index >= 15 is 0 Å². The van der Waals surface area contributed by atoms with E-state index in [9.17, 15) is 14.9 Å². The number of para-hydroxylation sites is 1. The van der Waals surface area contributed by atoms with Crippen molar-refractivity contribution in [3.63, 3.8) is 0 Å². The van der Waals surface area contributed by atoms with Crippen molar-refractivity contribution < 1.29 is 14.5 Å². The molecule has 164 valence electrons. The highest BCUT2D eigenvalue weighted by molar-refractivity contribution is 8.18. The number of hydrogen-bond acceptors (Lipinski definition) is 7. The number of amides is 1. The molecule has 0 aliphatic carbocycles. The van der Waals surface area contributed by atoms with Gasteiger partial charge in [-0.25, -0.2) is 0 Å². The van der Waals surface area contributed by atoms with Crippen molar-refractivity contribution in [3.8, 4) is 5.75 Å². The number of aliphatic imine (C=N–C) groups is 1. The molecule has 0 radical (unpaired) electrons. The Bertz CT molecular complexity index is 1090. The Morgan fingerprint density at radius 3 is 2.47 bits per heavy atom. The lowest BCUT2D eigenvalue weighted by molar-refractivity contribution is -0.384. The summed E-state index contributed by atoms with van der Waals surface area (Å²) < 4.78 is 5.68. The monoisotopic (exact) mass is 450 g/mol. The number of hydrogen-bond donors (Lipinski definition) is 0. The maximum Gasteiger partial charge on any atom is 0.286 e. The van der Waals surface area contributed by atoms with Crippen molar-refractivity contribution >= 4 is 40.3 Å². The van der Waals surface area contributed by atoms with E-state index in [2.05, 4.69) is 21.4 Å². The van der Waals surface area contributed by atoms with Crippen LogP contribution < -0.4 is 9.64 Å². The fourth-order valence-corrected chi connectivity index (χ4v) is 4.45. The minimum atomic E-state index is -0.400. The number of rotatable bonds is 6. The Labute approximate surface area is 190 Å². The van der Waals surface area contributed by atoms with E-state index in [0.717, 1.165) is 24.3 Å². The summed E-state index contributed by atoms with van der Waals surface area (Å²) in [5, 5.41) is 11.5. The van der Waals surface area contributed by atoms with Crippen LogP contribution >= 0.6 is 11.8 Å². The van der Waals surface area contributed by atoms with Gasteiger partial charge in [-0.2, -0.15) is 4.99 Å². The third-order valence-corrected chi connectivity index (χ3v) is 6.19. The smallest absolute Gasteiger partial charge is 0.286 e. The van der Waals surface area contributed by atoms with Crippen LogP contribution in [0, 0.1) is 10.1 Å². The van der Waals surface area contributed by atoms with E-state index in [1.165, 1.54) is 23.9 Å². The third kappa shape index (κ3) is 4.83. The standard InChI is InChI=1S/C23H22N4O4S/c1-2-15-31-20-6-4-3-5-17(20)16-21-22(28)24-23(32-21)26-13-11-25(12-14-26)18-7-9-19(10-8-18)27(29)30/h2-10,16H,1,11-15H2. The van der Waals surface area contributed by atoms with Gasteiger partial charge in [-0.1, -0.05) is 30.9 Å². The van der Waals surface area contributed by atoms with Crippen LogP contribution in [0.25, 0.3) is 6.08 Å². The first-order valence-electron chi connectivity index (χ1n) is 10.1. The fourth-order valence-electron chi connectivity index (χ4n) is 3.50. The summed E-state index contributed by atoms with van der Waals surface area (Å²) in [6.07, 6.45) is 3.49. The van der Waals surface area contributed by atoms with Gasteiger partial charge in [0.25, 0.3) is 11.6 Å². The predicted octanol–water partition coefficient (Wildman–Crippen LogP) is 3.95. The molecule has 2 aromatic rings. The van der Waals surface area contributed by atoms with E-state index in [1.54, 1.807) is 18.2 Å². The molecule has 32 heavy (non-hydrogen) atoms. The Kier molecular flexibility index (Phi) is 6.55. The van der Waals surface area contributed by atoms with Gasteiger partial charge in [0.15, 0.2) is 5.17 Å². The normalized spacial score (nSPS) is 17.4. The van der Waals surface area contributed by atoms with E-state index in [1.807, 2.05) is 30.3 Å². The lowest BCUT2D eigenvalue weighted by Gasteiger charge is -2.36. The SMILES string of the molecule is C=CCOc1ccccc1C=C1SC(N2CCN(c3ccc([N+](=O)[O-])cc3)CC2)=NC1=O. The van der Waals surface area contributed by atoms with Crippen molar-refractivity contribution in [2.24, 2.45) is 4.99 Å². The molecule has 2 heterocycles. The molecule has 4 rings (SSSR count). The number of benzene rings is 2. The molecule has 1 saturated heterocycles. The van der Waals surface area contributed by atoms with Crippen LogP contribution in [0.4, 0.5) is 11.4 Å². The number of carbonyl (C=O) groups is 1. The first-order valence-corrected chi connectivity index (χ1v) is 11.0. The highest BCUT2D eigenvalue weighted by Gasteiger charge is 2.29. The molecular weight excluding hydrogens is 428 g/mol. The van der Waals surface area contributed by atoms with Crippen molar-refractivity contribution in [3.05, 3.63) is 81.8 Å². The number of nitro benzene ring substituents is 1. The molecule has 0 atom stereocenters. The number of piperazine rings is 1. The molecule has 0 saturated carbocycles. The zero-order valence-electron chi connectivity index (χ0n) is 17.3. The average molecular weight is 451 g/mol. The molecule has 9 heteroatoms. The van der Waals surface area contributed by atoms with Gasteiger partial charge in [0.1, 0.15) is 12.4 Å². The number of non-ortho nitro benzene ring substituents is 1. The highest BCUT2D eigenvalue weighted by Crippen LogP contribution is 2.33. The zero-order valence-corrected chi connectivity index (χ0v) is 18.2. The summed E-state index contributed by atoms with van der Waals surface area (Å²) in [5.74, 6) is 0.444. The molecule has 0 N–H and O–H groups in total. The number of anilines is 1. The van der Waals surface area contributed by atoms with Crippen molar-refractivity contribution in [2.75, 3.05) is 37.7 Å². The van der Waals surface area contributed by atoms with E-state index in [-0.39, 0.29) is 11.6 Å². The molecule has 0 aromatic heterocycles. The number of ether oxygens (including phenoxy) is 1. The maximum atomic E-state index is 12.5. The fraction of sp³-hybridized carbons (Fsp3) is 0.217. The van der Waals surface area contributed by atoms with Gasteiger partial charge in [0.05, 0.1) is 9.83 Å². The van der Waals surface area contributed by atoms with E-state index < -0.39 is 4.92 Å². The number of amidine groups is 1. The summed E-state index contributed by atoms with van der Waals surface area (Å²) in [7, 11) is 0. The van der Waals surface area contributed by atoms with Crippen LogP contribution in [0.1, 0.15) is 5.56 Å². The van der Waals surface area contributed by atoms with Crippen LogP contribution in [-0.4, -0.2) is 53.7 Å². The van der Waals surface area contributed by atoms with Crippen LogP contribution in [0.3, 0.4) is 0 Å². The molecule has 0 bridgehead atoms. The average Bonchev–Trinajstić information content (AvgIpc) is 3.19. The summed E-state index contributed by atoms with van der Waals surface area (Å²) in [6, 6.07) is 14.1. The van der Waals surface area contributed by atoms with Crippen LogP contribution in [0.15, 0.2) is 71.1 Å². The first-order chi connectivity index (χ1) is 15.5. The van der Waals surface area contributed by atoms with E-state index in [4.69, 9.17) is 4.74 Å². The van der Waals surface area contributed by atoms with Crippen molar-refractivity contribution in [1.82, 2.24) is 4.90 Å². The minimum absolute atomic E-state index is 0.0818. The third-order valence-electron chi connectivity index (χ3n) is 5.15. The maximum absolute atomic E-state index is 12.5. The van der Waals surface area contributed by atoms with Gasteiger partial charge in [0, 0.05) is 49.6 Å². The second-order valence-corrected chi connectivity index (χ2v) is 8.20. The molecular formula is C23H22N4O4S. The van der Waals surface area contributed by atoms with Crippen LogP contribution in [0.5, 0.6) is 5.75 Å². The summed E-state index contributed by atoms with van der Waals surface area (Å²) in [6.45, 7) is 6.96. The Balaban J connectivity index is 1.39. The molecule has 8 nitrogen and oxygen atoms in total. The molecule has 0 unspecified atom stereocenters. The quantitative estimate of drug-likeness (QED) is 0.285. The Hall–Kier alpha value is -3.59. The summed E-state index contributed by atoms with van der Waals surface area (Å²) in [5.41, 5.74) is 1.85. The van der Waals surface area contributed by atoms with Gasteiger partial charge in [-0.05, 0) is 36.0 Å². The molecule has 2 aromatic carbocycles. The number of nitro groups is 1. The summed E-state index contributed by atoms with van der Waals surface area (Å²) in [4.78, 5) is 32.0. The number of nitrogens with zero attached hydrogens (tertiary/aromatic N) is 4. The van der Waals surface area contributed by atoms with E-state index in [0.29, 0.717) is 35.5 Å². The molecule has 1 amide bonds. The van der Waals surface area contributed by atoms with Crippen LogP contribution in [0.2, 0.25) is 0 Å². The lowest BCUT2D eigenvalue weighted by Crippen LogP contribution is -2.47. The van der Waals surface area contributed by atoms with Gasteiger partial charge in [-0.3, -0.25) is 14.9 Å². The topological polar surface area (TPSA) is 88.3 Å². The minimum Gasteiger partial charge on any atom is -0.489 e. The van der Waals surface area contributed by atoms with Gasteiger partial charge in [0.2, 0.25) is 0 Å². The number of carbonyl (C=O) groups excluding carboxylic acids is 1. The number of thioether (sulfide) groups is 1. The molecule has 1 fully saturated rings. The van der Waals surface area contributed by atoms with Gasteiger partial charge >= 0.3 is 0 Å². The molecule has 2 aliphatic rings. The predicted molar refractivity (Wildman–Crippen MR) is 127 cm³/mol. The zero-order chi connectivity index (χ0) is 22.5. The van der Waals surface area contributed by atoms with Crippen molar-refractivity contribution in [1.29, 1.82) is 0 Å².